The summed E-state index contributed by atoms with van der Waals surface area (Å²) >= 11 is 0. The van der Waals surface area contributed by atoms with Gasteiger partial charge in [0, 0.05) is 0 Å². The zero-order valence-corrected chi connectivity index (χ0v) is 8.08. The van der Waals surface area contributed by atoms with E-state index in [9.17, 15) is 5.11 Å². The van der Waals surface area contributed by atoms with E-state index < -0.39 is 0 Å². The molecule has 0 spiro atoms. The predicted octanol–water partition coefficient (Wildman–Crippen LogP) is 2.50. The highest BCUT2D eigenvalue weighted by Gasteiger charge is 2.44. The van der Waals surface area contributed by atoms with Gasteiger partial charge in [0.1, 0.15) is 0 Å². The van der Waals surface area contributed by atoms with Crippen molar-refractivity contribution in [2.45, 2.75) is 44.6 Å². The molecule has 1 heteroatoms. The van der Waals surface area contributed by atoms with Gasteiger partial charge < -0.3 is 5.11 Å². The molecule has 3 rings (SSSR count). The summed E-state index contributed by atoms with van der Waals surface area (Å²) in [6.45, 7) is 0. The molecule has 0 unspecified atom stereocenters. The lowest BCUT2D eigenvalue weighted by Crippen LogP contribution is -2.29. The summed E-state index contributed by atoms with van der Waals surface area (Å²) in [5.41, 5.74) is 1.68. The molecule has 0 bridgehead atoms. The van der Waals surface area contributed by atoms with Crippen molar-refractivity contribution in [2.75, 3.05) is 0 Å². The van der Waals surface area contributed by atoms with E-state index in [4.69, 9.17) is 0 Å². The fourth-order valence-corrected chi connectivity index (χ4v) is 3.85. The van der Waals surface area contributed by atoms with Crippen molar-refractivity contribution in [3.05, 3.63) is 11.6 Å². The van der Waals surface area contributed by atoms with Gasteiger partial charge in [0.25, 0.3) is 0 Å². The lowest BCUT2D eigenvalue weighted by atomic mass is 9.74. The van der Waals surface area contributed by atoms with E-state index in [1.165, 1.54) is 32.1 Å². The first-order chi connectivity index (χ1) is 6.36. The van der Waals surface area contributed by atoms with Crippen molar-refractivity contribution in [1.82, 2.24) is 0 Å². The molecule has 3 aliphatic carbocycles. The average molecular weight is 178 g/mol. The first-order valence-electron chi connectivity index (χ1n) is 5.73. The van der Waals surface area contributed by atoms with E-state index in [0.29, 0.717) is 5.92 Å². The van der Waals surface area contributed by atoms with Crippen LogP contribution in [0.3, 0.4) is 0 Å². The van der Waals surface area contributed by atoms with Crippen LogP contribution in [0.1, 0.15) is 38.5 Å². The molecule has 0 aromatic rings. The molecule has 13 heavy (non-hydrogen) atoms. The van der Waals surface area contributed by atoms with Crippen LogP contribution in [0.15, 0.2) is 11.6 Å². The second-order valence-electron chi connectivity index (χ2n) is 5.00. The van der Waals surface area contributed by atoms with Crippen LogP contribution in [-0.4, -0.2) is 11.2 Å². The molecule has 4 atom stereocenters. The number of allylic oxidation sites excluding steroid dienone is 2. The van der Waals surface area contributed by atoms with Crippen LogP contribution in [0, 0.1) is 17.8 Å². The number of hydrogen-bond donors (Lipinski definition) is 1. The Morgan fingerprint density at radius 3 is 3.08 bits per heavy atom. The van der Waals surface area contributed by atoms with E-state index in [-0.39, 0.29) is 6.10 Å². The Kier molecular flexibility index (Phi) is 1.76. The maximum Gasteiger partial charge on any atom is 0.0577 e. The highest BCUT2D eigenvalue weighted by Crippen LogP contribution is 2.50. The second kappa shape index (κ2) is 2.84. The average Bonchev–Trinajstić information content (AvgIpc) is 2.70. The number of aliphatic hydroxyl groups is 1. The van der Waals surface area contributed by atoms with Crippen LogP contribution in [-0.2, 0) is 0 Å². The summed E-state index contributed by atoms with van der Waals surface area (Å²) in [6.07, 6.45) is 10.1. The molecule has 0 aromatic heterocycles. The summed E-state index contributed by atoms with van der Waals surface area (Å²) in [5.74, 6) is 2.24. The van der Waals surface area contributed by atoms with Crippen LogP contribution < -0.4 is 0 Å². The van der Waals surface area contributed by atoms with E-state index >= 15 is 0 Å². The minimum atomic E-state index is 0.0248. The van der Waals surface area contributed by atoms with Gasteiger partial charge in [-0.2, -0.15) is 0 Å². The number of hydrogen-bond acceptors (Lipinski definition) is 1. The van der Waals surface area contributed by atoms with E-state index in [2.05, 4.69) is 6.08 Å². The molecule has 0 saturated heterocycles. The summed E-state index contributed by atoms with van der Waals surface area (Å²) in [7, 11) is 0. The zero-order chi connectivity index (χ0) is 8.84. The topological polar surface area (TPSA) is 20.2 Å². The second-order valence-corrected chi connectivity index (χ2v) is 5.00. The molecule has 3 aliphatic rings. The summed E-state index contributed by atoms with van der Waals surface area (Å²) < 4.78 is 0. The van der Waals surface area contributed by atoms with E-state index in [1.54, 1.807) is 5.57 Å². The molecular weight excluding hydrogens is 160 g/mol. The fourth-order valence-electron chi connectivity index (χ4n) is 3.85. The predicted molar refractivity (Wildman–Crippen MR) is 52.3 cm³/mol. The van der Waals surface area contributed by atoms with Crippen LogP contribution in [0.2, 0.25) is 0 Å². The SMILES string of the molecule is O[C@@H]1CC[C@@H]2CC=C3CCC[C@@H]3[C@H]21. The summed E-state index contributed by atoms with van der Waals surface area (Å²) in [6, 6.07) is 0. The molecule has 2 saturated carbocycles. The normalized spacial score (nSPS) is 48.5. The van der Waals surface area contributed by atoms with Gasteiger partial charge >= 0.3 is 0 Å². The molecule has 1 nitrogen and oxygen atoms in total. The molecule has 0 heterocycles. The standard InChI is InChI=1S/C12H18O/c13-11-7-6-9-5-4-8-2-1-3-10(8)12(9)11/h4,9-13H,1-3,5-7H2/t9-,10-,11+,12-/m0/s1. The van der Waals surface area contributed by atoms with Gasteiger partial charge in [-0.3, -0.25) is 0 Å². The van der Waals surface area contributed by atoms with Crippen LogP contribution in [0.4, 0.5) is 0 Å². The lowest BCUT2D eigenvalue weighted by Gasteiger charge is -2.32. The third-order valence-electron chi connectivity index (χ3n) is 4.43. The van der Waals surface area contributed by atoms with Crippen molar-refractivity contribution in [3.8, 4) is 0 Å². The van der Waals surface area contributed by atoms with Crippen molar-refractivity contribution in [1.29, 1.82) is 0 Å². The molecule has 72 valence electrons. The van der Waals surface area contributed by atoms with Crippen molar-refractivity contribution < 1.29 is 5.11 Å². The van der Waals surface area contributed by atoms with E-state index in [1.807, 2.05) is 0 Å². The van der Waals surface area contributed by atoms with Crippen LogP contribution >= 0.6 is 0 Å². The number of fused-ring (bicyclic) bond motifs is 3. The van der Waals surface area contributed by atoms with E-state index in [0.717, 1.165) is 18.3 Å². The van der Waals surface area contributed by atoms with Gasteiger partial charge in [0.2, 0.25) is 0 Å². The van der Waals surface area contributed by atoms with Gasteiger partial charge in [0.15, 0.2) is 0 Å². The van der Waals surface area contributed by atoms with Gasteiger partial charge in [-0.25, -0.2) is 0 Å². The first kappa shape index (κ1) is 8.05. The summed E-state index contributed by atoms with van der Waals surface area (Å²) in [5, 5.41) is 9.94. The molecule has 0 aromatic carbocycles. The highest BCUT2D eigenvalue weighted by atomic mass is 16.3. The van der Waals surface area contributed by atoms with Gasteiger partial charge in [0.05, 0.1) is 6.10 Å². The Balaban J connectivity index is 1.91. The Bertz CT molecular complexity index is 244. The van der Waals surface area contributed by atoms with Gasteiger partial charge in [-0.1, -0.05) is 11.6 Å². The Morgan fingerprint density at radius 2 is 2.15 bits per heavy atom. The Labute approximate surface area is 79.8 Å². The quantitative estimate of drug-likeness (QED) is 0.565. The van der Waals surface area contributed by atoms with Crippen molar-refractivity contribution in [2.24, 2.45) is 17.8 Å². The summed E-state index contributed by atoms with van der Waals surface area (Å²) in [4.78, 5) is 0. The molecule has 0 amide bonds. The Hall–Kier alpha value is -0.300. The molecule has 0 aliphatic heterocycles. The minimum absolute atomic E-state index is 0.0248. The van der Waals surface area contributed by atoms with Crippen molar-refractivity contribution >= 4 is 0 Å². The highest BCUT2D eigenvalue weighted by molar-refractivity contribution is 5.19. The maximum atomic E-state index is 9.94. The lowest BCUT2D eigenvalue weighted by molar-refractivity contribution is 0.0859. The molecule has 1 N–H and O–H groups in total. The molecular formula is C12H18O. The number of aliphatic hydroxyl groups excluding tert-OH is 1. The minimum Gasteiger partial charge on any atom is -0.393 e. The van der Waals surface area contributed by atoms with Crippen molar-refractivity contribution in [3.63, 3.8) is 0 Å². The zero-order valence-electron chi connectivity index (χ0n) is 8.08. The third kappa shape index (κ3) is 1.10. The maximum absolute atomic E-state index is 9.94. The monoisotopic (exact) mass is 178 g/mol. The molecule has 2 fully saturated rings. The van der Waals surface area contributed by atoms with Crippen LogP contribution in [0.25, 0.3) is 0 Å². The first-order valence-corrected chi connectivity index (χ1v) is 5.73. The fraction of sp³-hybridized carbons (Fsp3) is 0.833. The largest absolute Gasteiger partial charge is 0.393 e. The third-order valence-corrected chi connectivity index (χ3v) is 4.43. The van der Waals surface area contributed by atoms with Gasteiger partial charge in [-0.05, 0) is 56.3 Å². The smallest absolute Gasteiger partial charge is 0.0577 e. The number of rotatable bonds is 0. The Morgan fingerprint density at radius 1 is 1.23 bits per heavy atom. The van der Waals surface area contributed by atoms with Gasteiger partial charge in [-0.15, -0.1) is 0 Å². The molecule has 0 radical (unpaired) electrons. The van der Waals surface area contributed by atoms with Crippen LogP contribution in [0.5, 0.6) is 0 Å².